The van der Waals surface area contributed by atoms with Crippen LogP contribution >= 0.6 is 0 Å². The summed E-state index contributed by atoms with van der Waals surface area (Å²) in [6.45, 7) is 5.85. The number of nitrogens with two attached hydrogens (primary N) is 1. The third kappa shape index (κ3) is 4.73. The van der Waals surface area contributed by atoms with Crippen LogP contribution in [0.5, 0.6) is 0 Å². The number of amides is 1. The van der Waals surface area contributed by atoms with Crippen LogP contribution in [0.2, 0.25) is 0 Å². The average Bonchev–Trinajstić information content (AvgIpc) is 2.54. The Labute approximate surface area is 147 Å². The van der Waals surface area contributed by atoms with Crippen LogP contribution in [-0.4, -0.2) is 45.4 Å². The second-order valence-electron chi connectivity index (χ2n) is 6.56. The third-order valence-corrected chi connectivity index (χ3v) is 4.31. The second kappa shape index (κ2) is 7.57. The molecule has 132 valence electrons. The first-order chi connectivity index (χ1) is 12.0. The fraction of sp³-hybridized carbons (Fsp3) is 0.444. The van der Waals surface area contributed by atoms with Crippen molar-refractivity contribution in [2.45, 2.75) is 32.6 Å². The summed E-state index contributed by atoms with van der Waals surface area (Å²) in [5.74, 6) is 2.23. The van der Waals surface area contributed by atoms with Crippen LogP contribution in [0.3, 0.4) is 0 Å². The molecule has 0 saturated carbocycles. The zero-order valence-electron chi connectivity index (χ0n) is 14.7. The minimum atomic E-state index is -0.285. The predicted molar refractivity (Wildman–Crippen MR) is 96.6 cm³/mol. The Balaban J connectivity index is 1.78. The number of hydrogen-bond acceptors (Lipinski definition) is 6. The van der Waals surface area contributed by atoms with E-state index in [1.54, 1.807) is 0 Å². The van der Waals surface area contributed by atoms with Crippen LogP contribution in [0.1, 0.15) is 36.0 Å². The van der Waals surface area contributed by atoms with E-state index in [1.807, 2.05) is 38.1 Å². The fourth-order valence-corrected chi connectivity index (χ4v) is 3.27. The molecule has 1 amide bonds. The number of piperidine rings is 1. The standard InChI is InChI=1S/C18H24N6O/c1-12-5-3-7-17(20-12)23-18-9-15(21-13(2)22-18)14-6-4-8-24(10-14)11-16(19)25/h3,5,7,9,14H,4,6,8,10-11H2,1-2H3,(H2,19,25)(H,20,21,22,23)/t14-/m0/s1. The molecule has 3 N–H and O–H groups in total. The summed E-state index contributed by atoms with van der Waals surface area (Å²) in [6, 6.07) is 7.81. The van der Waals surface area contributed by atoms with E-state index in [1.165, 1.54) is 0 Å². The molecule has 1 atom stereocenters. The summed E-state index contributed by atoms with van der Waals surface area (Å²) < 4.78 is 0. The molecule has 0 unspecified atom stereocenters. The summed E-state index contributed by atoms with van der Waals surface area (Å²) >= 11 is 0. The maximum absolute atomic E-state index is 11.2. The van der Waals surface area contributed by atoms with E-state index in [0.717, 1.165) is 54.8 Å². The molecule has 2 aromatic heterocycles. The van der Waals surface area contributed by atoms with Crippen molar-refractivity contribution in [2.24, 2.45) is 5.73 Å². The van der Waals surface area contributed by atoms with E-state index in [9.17, 15) is 4.79 Å². The smallest absolute Gasteiger partial charge is 0.231 e. The Morgan fingerprint density at radius 1 is 1.28 bits per heavy atom. The first-order valence-electron chi connectivity index (χ1n) is 8.56. The lowest BCUT2D eigenvalue weighted by molar-refractivity contribution is -0.119. The summed E-state index contributed by atoms with van der Waals surface area (Å²) in [4.78, 5) is 26.8. The first kappa shape index (κ1) is 17.3. The molecule has 0 bridgehead atoms. The summed E-state index contributed by atoms with van der Waals surface area (Å²) in [5, 5.41) is 3.26. The van der Waals surface area contributed by atoms with Gasteiger partial charge in [0.05, 0.1) is 12.2 Å². The third-order valence-electron chi connectivity index (χ3n) is 4.31. The minimum Gasteiger partial charge on any atom is -0.369 e. The number of hydrogen-bond donors (Lipinski definition) is 2. The Kier molecular flexibility index (Phi) is 5.23. The van der Waals surface area contributed by atoms with Crippen molar-refractivity contribution < 1.29 is 4.79 Å². The Bertz CT molecular complexity index is 763. The van der Waals surface area contributed by atoms with E-state index in [4.69, 9.17) is 5.73 Å². The average molecular weight is 340 g/mol. The van der Waals surface area contributed by atoms with Gasteiger partial charge >= 0.3 is 0 Å². The lowest BCUT2D eigenvalue weighted by Crippen LogP contribution is -2.40. The van der Waals surface area contributed by atoms with Gasteiger partial charge in [0, 0.05) is 24.2 Å². The number of carbonyl (C=O) groups excluding carboxylic acids is 1. The zero-order valence-corrected chi connectivity index (χ0v) is 14.7. The van der Waals surface area contributed by atoms with Gasteiger partial charge in [-0.1, -0.05) is 6.07 Å². The van der Waals surface area contributed by atoms with Gasteiger partial charge in [-0.05, 0) is 45.4 Å². The molecule has 0 spiro atoms. The van der Waals surface area contributed by atoms with Crippen LogP contribution < -0.4 is 11.1 Å². The SMILES string of the molecule is Cc1cccc(Nc2cc([C@H]3CCCN(CC(N)=O)C3)nc(C)n2)n1. The molecule has 0 aromatic carbocycles. The van der Waals surface area contributed by atoms with Gasteiger partial charge in [-0.25, -0.2) is 15.0 Å². The molecule has 1 aliphatic rings. The Morgan fingerprint density at radius 3 is 2.88 bits per heavy atom. The first-order valence-corrected chi connectivity index (χ1v) is 8.56. The molecule has 3 heterocycles. The highest BCUT2D eigenvalue weighted by molar-refractivity contribution is 5.75. The molecular weight excluding hydrogens is 316 g/mol. The molecule has 7 heteroatoms. The lowest BCUT2D eigenvalue weighted by atomic mass is 9.94. The number of nitrogens with one attached hydrogen (secondary N) is 1. The van der Waals surface area contributed by atoms with Crippen molar-refractivity contribution in [1.29, 1.82) is 0 Å². The number of aromatic nitrogens is 3. The maximum atomic E-state index is 11.2. The summed E-state index contributed by atoms with van der Waals surface area (Å²) in [6.07, 6.45) is 2.08. The van der Waals surface area contributed by atoms with Gasteiger partial charge in [-0.3, -0.25) is 9.69 Å². The highest BCUT2D eigenvalue weighted by Crippen LogP contribution is 2.27. The molecule has 0 radical (unpaired) electrons. The Hall–Kier alpha value is -2.54. The van der Waals surface area contributed by atoms with Gasteiger partial charge < -0.3 is 11.1 Å². The maximum Gasteiger partial charge on any atom is 0.231 e. The number of pyridine rings is 1. The van der Waals surface area contributed by atoms with Crippen LogP contribution in [0, 0.1) is 13.8 Å². The van der Waals surface area contributed by atoms with Crippen molar-refractivity contribution in [1.82, 2.24) is 19.9 Å². The number of primary amides is 1. The van der Waals surface area contributed by atoms with E-state index in [-0.39, 0.29) is 11.8 Å². The molecule has 2 aromatic rings. The summed E-state index contributed by atoms with van der Waals surface area (Å²) in [7, 11) is 0. The Morgan fingerprint density at radius 2 is 2.12 bits per heavy atom. The molecule has 7 nitrogen and oxygen atoms in total. The van der Waals surface area contributed by atoms with Crippen molar-refractivity contribution in [3.8, 4) is 0 Å². The van der Waals surface area contributed by atoms with Crippen LogP contribution in [0.4, 0.5) is 11.6 Å². The highest BCUT2D eigenvalue weighted by Gasteiger charge is 2.24. The van der Waals surface area contributed by atoms with Crippen LogP contribution in [-0.2, 0) is 4.79 Å². The fourth-order valence-electron chi connectivity index (χ4n) is 3.27. The second-order valence-corrected chi connectivity index (χ2v) is 6.56. The quantitative estimate of drug-likeness (QED) is 0.863. The lowest BCUT2D eigenvalue weighted by Gasteiger charge is -2.31. The molecular formula is C18H24N6O. The van der Waals surface area contributed by atoms with Gasteiger partial charge in [0.1, 0.15) is 17.5 Å². The number of aryl methyl sites for hydroxylation is 2. The number of rotatable bonds is 5. The molecule has 1 fully saturated rings. The highest BCUT2D eigenvalue weighted by atomic mass is 16.1. The minimum absolute atomic E-state index is 0.279. The van der Waals surface area contributed by atoms with Crippen molar-refractivity contribution in [3.63, 3.8) is 0 Å². The molecule has 3 rings (SSSR count). The predicted octanol–water partition coefficient (Wildman–Crippen LogP) is 1.90. The van der Waals surface area contributed by atoms with Crippen LogP contribution in [0.25, 0.3) is 0 Å². The van der Waals surface area contributed by atoms with Crippen molar-refractivity contribution in [3.05, 3.63) is 41.5 Å². The van der Waals surface area contributed by atoms with Gasteiger partial charge in [0.25, 0.3) is 0 Å². The monoisotopic (exact) mass is 340 g/mol. The van der Waals surface area contributed by atoms with Gasteiger partial charge in [-0.15, -0.1) is 0 Å². The van der Waals surface area contributed by atoms with Crippen molar-refractivity contribution >= 4 is 17.5 Å². The topological polar surface area (TPSA) is 97.0 Å². The van der Waals surface area contributed by atoms with Gasteiger partial charge in [0.15, 0.2) is 0 Å². The van der Waals surface area contributed by atoms with Crippen molar-refractivity contribution in [2.75, 3.05) is 25.0 Å². The van der Waals surface area contributed by atoms with Crippen LogP contribution in [0.15, 0.2) is 24.3 Å². The molecule has 1 saturated heterocycles. The molecule has 1 aliphatic heterocycles. The van der Waals surface area contributed by atoms with Gasteiger partial charge in [-0.2, -0.15) is 0 Å². The number of anilines is 2. The van der Waals surface area contributed by atoms with E-state index in [0.29, 0.717) is 6.54 Å². The number of nitrogens with zero attached hydrogens (tertiary/aromatic N) is 4. The normalized spacial score (nSPS) is 18.1. The van der Waals surface area contributed by atoms with E-state index in [2.05, 4.69) is 25.2 Å². The molecule has 25 heavy (non-hydrogen) atoms. The zero-order chi connectivity index (χ0) is 17.8. The number of likely N-dealkylation sites (tertiary alicyclic amines) is 1. The van der Waals surface area contributed by atoms with Gasteiger partial charge in [0.2, 0.25) is 5.91 Å². The molecule has 0 aliphatic carbocycles. The van der Waals surface area contributed by atoms with E-state index >= 15 is 0 Å². The number of carbonyl (C=O) groups is 1. The summed E-state index contributed by atoms with van der Waals surface area (Å²) in [5.41, 5.74) is 7.28. The largest absolute Gasteiger partial charge is 0.369 e. The van der Waals surface area contributed by atoms with E-state index < -0.39 is 0 Å².